The van der Waals surface area contributed by atoms with Gasteiger partial charge in [0.15, 0.2) is 5.69 Å². The highest BCUT2D eigenvalue weighted by atomic mass is 19.4. The summed E-state index contributed by atoms with van der Waals surface area (Å²) < 4.78 is 57.4. The summed E-state index contributed by atoms with van der Waals surface area (Å²) in [5, 5.41) is -0.163. The number of nitrogens with zero attached hydrogens (tertiary/aromatic N) is 1. The normalized spacial score (nSPS) is 11.7. The first kappa shape index (κ1) is 14.2. The number of carbonyl (C=O) groups is 1. The van der Waals surface area contributed by atoms with Crippen LogP contribution in [0.2, 0.25) is 0 Å². The van der Waals surface area contributed by atoms with Crippen LogP contribution in [0.4, 0.5) is 17.6 Å². The number of aromatic nitrogens is 1. The predicted octanol–water partition coefficient (Wildman–Crippen LogP) is 3.57. The molecule has 0 spiro atoms. The molecule has 106 valence electrons. The molecular weight excluding hydrogens is 278 g/mol. The molecule has 2 rings (SSSR count). The fraction of sp³-hybridized carbons (Fsp3) is 0.231. The van der Waals surface area contributed by atoms with Gasteiger partial charge in [-0.1, -0.05) is 12.1 Å². The second kappa shape index (κ2) is 5.07. The number of esters is 1. The van der Waals surface area contributed by atoms with Gasteiger partial charge in [-0.2, -0.15) is 13.2 Å². The first-order valence-electron chi connectivity index (χ1n) is 5.68. The van der Waals surface area contributed by atoms with Crippen LogP contribution in [0.5, 0.6) is 0 Å². The van der Waals surface area contributed by atoms with Crippen molar-refractivity contribution in [1.29, 1.82) is 0 Å². The Hall–Kier alpha value is -2.18. The summed E-state index contributed by atoms with van der Waals surface area (Å²) in [6, 6.07) is 5.36. The number of rotatable bonds is 2. The van der Waals surface area contributed by atoms with Crippen LogP contribution in [0.25, 0.3) is 10.9 Å². The molecule has 0 saturated heterocycles. The summed E-state index contributed by atoms with van der Waals surface area (Å²) in [4.78, 5) is 14.9. The highest BCUT2D eigenvalue weighted by Crippen LogP contribution is 2.34. The third-order valence-electron chi connectivity index (χ3n) is 2.58. The second-order valence-corrected chi connectivity index (χ2v) is 3.88. The highest BCUT2D eigenvalue weighted by molar-refractivity contribution is 5.96. The number of ether oxygens (including phenoxy) is 1. The minimum atomic E-state index is -4.95. The van der Waals surface area contributed by atoms with Crippen LogP contribution < -0.4 is 0 Å². The molecule has 3 nitrogen and oxygen atoms in total. The molecule has 0 N–H and O–H groups in total. The van der Waals surface area contributed by atoms with Crippen LogP contribution in [-0.2, 0) is 10.9 Å². The molecule has 7 heteroatoms. The number of halogens is 4. The Morgan fingerprint density at radius 2 is 1.95 bits per heavy atom. The van der Waals surface area contributed by atoms with Gasteiger partial charge < -0.3 is 4.74 Å². The quantitative estimate of drug-likeness (QED) is 0.626. The van der Waals surface area contributed by atoms with Crippen LogP contribution >= 0.6 is 0 Å². The van der Waals surface area contributed by atoms with E-state index in [4.69, 9.17) is 0 Å². The van der Waals surface area contributed by atoms with Crippen molar-refractivity contribution < 1.29 is 27.1 Å². The van der Waals surface area contributed by atoms with Crippen LogP contribution in [0, 0.1) is 5.82 Å². The van der Waals surface area contributed by atoms with Gasteiger partial charge in [0.1, 0.15) is 11.4 Å². The third-order valence-corrected chi connectivity index (χ3v) is 2.58. The van der Waals surface area contributed by atoms with Gasteiger partial charge in [-0.25, -0.2) is 14.2 Å². The van der Waals surface area contributed by atoms with Gasteiger partial charge in [0.2, 0.25) is 0 Å². The van der Waals surface area contributed by atoms with Crippen molar-refractivity contribution in [1.82, 2.24) is 4.98 Å². The Morgan fingerprint density at radius 1 is 1.30 bits per heavy atom. The molecule has 2 aromatic rings. The minimum Gasteiger partial charge on any atom is -0.462 e. The lowest BCUT2D eigenvalue weighted by molar-refractivity contribution is -0.141. The minimum absolute atomic E-state index is 0.163. The zero-order chi connectivity index (χ0) is 14.9. The second-order valence-electron chi connectivity index (χ2n) is 3.88. The standard InChI is InChI=1S/C13H9F4NO2/c1-2-20-12(19)9-10(14)7-5-3-4-6-8(7)18-11(9)13(15,16)17/h3-6H,2H2,1H3. The van der Waals surface area contributed by atoms with Crippen LogP contribution in [0.3, 0.4) is 0 Å². The number of fused-ring (bicyclic) bond motifs is 1. The fourth-order valence-corrected chi connectivity index (χ4v) is 1.77. The third kappa shape index (κ3) is 2.43. The van der Waals surface area contributed by atoms with Gasteiger partial charge in [0, 0.05) is 5.39 Å². The number of pyridine rings is 1. The summed E-state index contributed by atoms with van der Waals surface area (Å²) in [7, 11) is 0. The van der Waals surface area contributed by atoms with Crippen molar-refractivity contribution in [3.63, 3.8) is 0 Å². The molecule has 0 atom stereocenters. The molecular formula is C13H9F4NO2. The molecule has 0 fully saturated rings. The monoisotopic (exact) mass is 287 g/mol. The summed E-state index contributed by atoms with van der Waals surface area (Å²) in [5.41, 5.74) is -2.93. The van der Waals surface area contributed by atoms with E-state index in [1.807, 2.05) is 0 Å². The van der Waals surface area contributed by atoms with Crippen molar-refractivity contribution in [3.8, 4) is 0 Å². The van der Waals surface area contributed by atoms with E-state index in [-0.39, 0.29) is 17.5 Å². The maximum Gasteiger partial charge on any atom is 0.434 e. The van der Waals surface area contributed by atoms with Crippen molar-refractivity contribution in [2.24, 2.45) is 0 Å². The fourth-order valence-electron chi connectivity index (χ4n) is 1.77. The number of hydrogen-bond donors (Lipinski definition) is 0. The SMILES string of the molecule is CCOC(=O)c1c(C(F)(F)F)nc2ccccc2c1F. The lowest BCUT2D eigenvalue weighted by Gasteiger charge is -2.13. The van der Waals surface area contributed by atoms with E-state index in [1.165, 1.54) is 31.2 Å². The van der Waals surface area contributed by atoms with E-state index < -0.39 is 29.2 Å². The zero-order valence-electron chi connectivity index (χ0n) is 10.3. The predicted molar refractivity (Wildman–Crippen MR) is 62.7 cm³/mol. The number of hydrogen-bond acceptors (Lipinski definition) is 3. The molecule has 1 heterocycles. The Morgan fingerprint density at radius 3 is 2.55 bits per heavy atom. The van der Waals surface area contributed by atoms with E-state index in [2.05, 4.69) is 9.72 Å². The van der Waals surface area contributed by atoms with Gasteiger partial charge in [-0.05, 0) is 19.1 Å². The molecule has 0 aliphatic heterocycles. The van der Waals surface area contributed by atoms with E-state index in [0.717, 1.165) is 0 Å². The van der Waals surface area contributed by atoms with E-state index in [0.29, 0.717) is 0 Å². The number of para-hydroxylation sites is 1. The lowest BCUT2D eigenvalue weighted by atomic mass is 10.1. The van der Waals surface area contributed by atoms with Crippen LogP contribution in [0.1, 0.15) is 23.0 Å². The summed E-state index contributed by atoms with van der Waals surface area (Å²) in [6.45, 7) is 1.25. The van der Waals surface area contributed by atoms with E-state index in [9.17, 15) is 22.4 Å². The van der Waals surface area contributed by atoms with E-state index >= 15 is 0 Å². The van der Waals surface area contributed by atoms with Gasteiger partial charge in [-0.3, -0.25) is 0 Å². The van der Waals surface area contributed by atoms with Crippen molar-refractivity contribution >= 4 is 16.9 Å². The molecule has 1 aromatic carbocycles. The van der Waals surface area contributed by atoms with Crippen molar-refractivity contribution in [3.05, 3.63) is 41.3 Å². The number of carbonyl (C=O) groups excluding carboxylic acids is 1. The summed E-state index contributed by atoms with van der Waals surface area (Å²) >= 11 is 0. The maximum atomic E-state index is 14.2. The molecule has 0 bridgehead atoms. The molecule has 0 radical (unpaired) electrons. The molecule has 0 saturated carbocycles. The van der Waals surface area contributed by atoms with Crippen LogP contribution in [-0.4, -0.2) is 17.6 Å². The first-order chi connectivity index (χ1) is 9.36. The Balaban J connectivity index is 2.80. The van der Waals surface area contributed by atoms with Crippen molar-refractivity contribution in [2.75, 3.05) is 6.61 Å². The maximum absolute atomic E-state index is 14.2. The average molecular weight is 287 g/mol. The smallest absolute Gasteiger partial charge is 0.434 e. The summed E-state index contributed by atoms with van der Waals surface area (Å²) in [5.74, 6) is -2.66. The first-order valence-corrected chi connectivity index (χ1v) is 5.68. The lowest BCUT2D eigenvalue weighted by Crippen LogP contribution is -2.19. The molecule has 20 heavy (non-hydrogen) atoms. The van der Waals surface area contributed by atoms with Gasteiger partial charge in [0.25, 0.3) is 0 Å². The van der Waals surface area contributed by atoms with Gasteiger partial charge >= 0.3 is 12.1 Å². The van der Waals surface area contributed by atoms with E-state index in [1.54, 1.807) is 0 Å². The highest BCUT2D eigenvalue weighted by Gasteiger charge is 2.40. The number of alkyl halides is 3. The zero-order valence-corrected chi connectivity index (χ0v) is 10.3. The Labute approximate surface area is 111 Å². The molecule has 0 amide bonds. The topological polar surface area (TPSA) is 39.2 Å². The Bertz CT molecular complexity index is 667. The molecule has 0 unspecified atom stereocenters. The Kier molecular flexibility index (Phi) is 3.61. The number of benzene rings is 1. The van der Waals surface area contributed by atoms with Crippen molar-refractivity contribution in [2.45, 2.75) is 13.1 Å². The van der Waals surface area contributed by atoms with Gasteiger partial charge in [0.05, 0.1) is 12.1 Å². The molecule has 1 aromatic heterocycles. The van der Waals surface area contributed by atoms with Crippen LogP contribution in [0.15, 0.2) is 24.3 Å². The molecule has 0 aliphatic carbocycles. The molecule has 0 aliphatic rings. The average Bonchev–Trinajstić information content (AvgIpc) is 2.37. The van der Waals surface area contributed by atoms with Gasteiger partial charge in [-0.15, -0.1) is 0 Å². The summed E-state index contributed by atoms with van der Waals surface area (Å²) in [6.07, 6.45) is -4.95. The largest absolute Gasteiger partial charge is 0.462 e.